The number of anilines is 1. The summed E-state index contributed by atoms with van der Waals surface area (Å²) >= 11 is 1.32. The second-order valence-electron chi connectivity index (χ2n) is 8.36. The molecule has 9 heteroatoms. The molecule has 1 unspecified atom stereocenters. The number of hydrogen-bond donors (Lipinski definition) is 0. The summed E-state index contributed by atoms with van der Waals surface area (Å²) in [4.78, 5) is 34.0. The van der Waals surface area contributed by atoms with Crippen LogP contribution in [0.4, 0.5) is 5.69 Å². The molecule has 0 bridgehead atoms. The molecule has 0 aliphatic carbocycles. The lowest BCUT2D eigenvalue weighted by atomic mass is 9.95. The smallest absolute Gasteiger partial charge is 0.338 e. The minimum Gasteiger partial charge on any atom is -0.466 e. The van der Waals surface area contributed by atoms with E-state index in [4.69, 9.17) is 4.74 Å². The van der Waals surface area contributed by atoms with E-state index in [-0.39, 0.29) is 5.56 Å². The van der Waals surface area contributed by atoms with Gasteiger partial charge in [0, 0.05) is 37.1 Å². The van der Waals surface area contributed by atoms with Crippen LogP contribution >= 0.6 is 11.3 Å². The molecule has 0 spiro atoms. The van der Waals surface area contributed by atoms with Crippen molar-refractivity contribution in [2.45, 2.75) is 47.2 Å². The number of ether oxygens (including phenoxy) is 1. The Morgan fingerprint density at radius 2 is 1.86 bits per heavy atom. The van der Waals surface area contributed by atoms with Crippen molar-refractivity contribution in [1.82, 2.24) is 14.3 Å². The van der Waals surface area contributed by atoms with Gasteiger partial charge in [-0.2, -0.15) is 5.10 Å². The van der Waals surface area contributed by atoms with Crippen molar-refractivity contribution in [3.63, 3.8) is 0 Å². The molecule has 1 atom stereocenters. The van der Waals surface area contributed by atoms with Gasteiger partial charge < -0.3 is 9.64 Å². The number of nitrogens with zero attached hydrogens (tertiary/aromatic N) is 5. The third-order valence-electron chi connectivity index (χ3n) is 6.36. The van der Waals surface area contributed by atoms with Crippen molar-refractivity contribution in [2.24, 2.45) is 4.99 Å². The van der Waals surface area contributed by atoms with Crippen LogP contribution in [0.1, 0.15) is 50.6 Å². The van der Waals surface area contributed by atoms with Gasteiger partial charge in [0.2, 0.25) is 0 Å². The highest BCUT2D eigenvalue weighted by Crippen LogP contribution is 2.31. The van der Waals surface area contributed by atoms with E-state index in [2.05, 4.69) is 28.8 Å². The van der Waals surface area contributed by atoms with E-state index in [9.17, 15) is 9.59 Å². The molecule has 8 nitrogen and oxygen atoms in total. The van der Waals surface area contributed by atoms with Crippen LogP contribution in [-0.4, -0.2) is 40.5 Å². The highest BCUT2D eigenvalue weighted by molar-refractivity contribution is 7.07. The Hall–Kier alpha value is -3.46. The summed E-state index contributed by atoms with van der Waals surface area (Å²) < 4.78 is 9.11. The van der Waals surface area contributed by atoms with E-state index in [1.54, 1.807) is 11.5 Å². The fraction of sp³-hybridized carbons (Fsp3) is 0.385. The number of carbonyl (C=O) groups excluding carboxylic acids is 1. The van der Waals surface area contributed by atoms with Crippen LogP contribution in [-0.2, 0) is 16.1 Å². The third kappa shape index (κ3) is 4.48. The van der Waals surface area contributed by atoms with Gasteiger partial charge >= 0.3 is 5.97 Å². The van der Waals surface area contributed by atoms with Crippen LogP contribution in [0.3, 0.4) is 0 Å². The van der Waals surface area contributed by atoms with E-state index >= 15 is 0 Å². The molecule has 35 heavy (non-hydrogen) atoms. The molecule has 0 saturated carbocycles. The molecule has 0 amide bonds. The SMILES string of the molecule is CCN(CC)c1ccc(C2C(C(=O)OC)=C(C)N=c3s/c(=C/c4cn(CC)nc4C)c(=O)n32)cc1. The predicted octanol–water partition coefficient (Wildman–Crippen LogP) is 2.78. The number of methoxy groups -OCH3 is 1. The van der Waals surface area contributed by atoms with Gasteiger partial charge in [-0.05, 0) is 58.4 Å². The lowest BCUT2D eigenvalue weighted by molar-refractivity contribution is -0.136. The monoisotopic (exact) mass is 493 g/mol. The molecule has 184 valence electrons. The maximum Gasteiger partial charge on any atom is 0.338 e. The Bertz CT molecular complexity index is 1460. The summed E-state index contributed by atoms with van der Waals surface area (Å²) in [5, 5.41) is 4.48. The minimum atomic E-state index is -0.619. The average Bonchev–Trinajstić information content (AvgIpc) is 3.37. The molecule has 3 aromatic rings. The number of benzene rings is 1. The highest BCUT2D eigenvalue weighted by Gasteiger charge is 2.33. The summed E-state index contributed by atoms with van der Waals surface area (Å²) in [5.74, 6) is -0.488. The molecule has 0 fully saturated rings. The first-order chi connectivity index (χ1) is 16.8. The Balaban J connectivity index is 1.90. The Kier molecular flexibility index (Phi) is 7.07. The van der Waals surface area contributed by atoms with Crippen molar-refractivity contribution in [2.75, 3.05) is 25.1 Å². The number of aromatic nitrogens is 3. The zero-order valence-electron chi connectivity index (χ0n) is 21.0. The quantitative estimate of drug-likeness (QED) is 0.473. The second kappa shape index (κ2) is 10.0. The number of esters is 1. The number of carbonyl (C=O) groups is 1. The van der Waals surface area contributed by atoms with Gasteiger partial charge in [0.25, 0.3) is 5.56 Å². The van der Waals surface area contributed by atoms with Crippen molar-refractivity contribution >= 4 is 29.1 Å². The predicted molar refractivity (Wildman–Crippen MR) is 138 cm³/mol. The van der Waals surface area contributed by atoms with Crippen molar-refractivity contribution < 1.29 is 9.53 Å². The molecule has 4 rings (SSSR count). The zero-order valence-corrected chi connectivity index (χ0v) is 21.8. The topological polar surface area (TPSA) is 81.7 Å². The van der Waals surface area contributed by atoms with E-state index in [1.165, 1.54) is 18.4 Å². The summed E-state index contributed by atoms with van der Waals surface area (Å²) in [6.45, 7) is 12.5. The second-order valence-corrected chi connectivity index (χ2v) is 9.37. The zero-order chi connectivity index (χ0) is 25.3. The van der Waals surface area contributed by atoms with Gasteiger partial charge in [0.15, 0.2) is 4.80 Å². The van der Waals surface area contributed by atoms with E-state index < -0.39 is 12.0 Å². The third-order valence-corrected chi connectivity index (χ3v) is 7.34. The standard InChI is InChI=1S/C26H31N5O3S/c1-7-29(8-2)20-12-10-18(11-13-20)23-22(25(33)34-6)17(5)27-26-31(23)24(32)21(35-26)14-19-15-30(9-3)28-16(19)4/h10-15,23H,7-9H2,1-6H3/b21-14+. The molecule has 0 saturated heterocycles. The Morgan fingerprint density at radius 3 is 2.43 bits per heavy atom. The maximum absolute atomic E-state index is 13.7. The molecule has 3 heterocycles. The number of fused-ring (bicyclic) bond motifs is 1. The molecule has 2 aromatic heterocycles. The molecular weight excluding hydrogens is 462 g/mol. The fourth-order valence-electron chi connectivity index (χ4n) is 4.44. The average molecular weight is 494 g/mol. The van der Waals surface area contributed by atoms with Crippen LogP contribution < -0.4 is 19.8 Å². The van der Waals surface area contributed by atoms with Crippen LogP contribution in [0.2, 0.25) is 0 Å². The number of thiazole rings is 1. The van der Waals surface area contributed by atoms with Gasteiger partial charge in [0.05, 0.1) is 34.6 Å². The minimum absolute atomic E-state index is 0.191. The summed E-state index contributed by atoms with van der Waals surface area (Å²) in [5.41, 5.74) is 4.40. The van der Waals surface area contributed by atoms with Crippen molar-refractivity contribution in [3.05, 3.63) is 78.2 Å². The number of allylic oxidation sites excluding steroid dienone is 1. The maximum atomic E-state index is 13.7. The fourth-order valence-corrected chi connectivity index (χ4v) is 5.48. The lowest BCUT2D eigenvalue weighted by Gasteiger charge is -2.26. The van der Waals surface area contributed by atoms with Gasteiger partial charge in [-0.1, -0.05) is 23.5 Å². The molecule has 1 aromatic carbocycles. The normalized spacial score (nSPS) is 15.7. The van der Waals surface area contributed by atoms with E-state index in [1.807, 2.05) is 55.1 Å². The van der Waals surface area contributed by atoms with Crippen molar-refractivity contribution in [1.29, 1.82) is 0 Å². The Morgan fingerprint density at radius 1 is 1.17 bits per heavy atom. The molecule has 0 N–H and O–H groups in total. The van der Waals surface area contributed by atoms with Gasteiger partial charge in [-0.25, -0.2) is 9.79 Å². The molecule has 0 radical (unpaired) electrons. The molecule has 1 aliphatic heterocycles. The first kappa shape index (κ1) is 24.7. The van der Waals surface area contributed by atoms with Gasteiger partial charge in [-0.3, -0.25) is 14.0 Å². The molecular formula is C26H31N5O3S. The summed E-state index contributed by atoms with van der Waals surface area (Å²) in [6.07, 6.45) is 3.79. The van der Waals surface area contributed by atoms with Crippen LogP contribution in [0, 0.1) is 6.92 Å². The number of hydrogen-bond acceptors (Lipinski definition) is 7. The van der Waals surface area contributed by atoms with Gasteiger partial charge in [0.1, 0.15) is 0 Å². The first-order valence-corrected chi connectivity index (χ1v) is 12.6. The van der Waals surface area contributed by atoms with E-state index in [0.717, 1.165) is 42.1 Å². The molecule has 1 aliphatic rings. The summed E-state index contributed by atoms with van der Waals surface area (Å²) in [6, 6.07) is 7.40. The number of aryl methyl sites for hydroxylation is 2. The van der Waals surface area contributed by atoms with Crippen LogP contribution in [0.5, 0.6) is 0 Å². The lowest BCUT2D eigenvalue weighted by Crippen LogP contribution is -2.39. The van der Waals surface area contributed by atoms with Gasteiger partial charge in [-0.15, -0.1) is 0 Å². The summed E-state index contributed by atoms with van der Waals surface area (Å²) in [7, 11) is 1.35. The van der Waals surface area contributed by atoms with Crippen LogP contribution in [0.15, 0.2) is 51.5 Å². The van der Waals surface area contributed by atoms with Crippen molar-refractivity contribution in [3.8, 4) is 0 Å². The highest BCUT2D eigenvalue weighted by atomic mass is 32.1. The largest absolute Gasteiger partial charge is 0.466 e. The van der Waals surface area contributed by atoms with E-state index in [0.29, 0.717) is 20.6 Å². The first-order valence-electron chi connectivity index (χ1n) is 11.8. The Labute approximate surface area is 208 Å². The van der Waals surface area contributed by atoms with Crippen LogP contribution in [0.25, 0.3) is 6.08 Å². The number of rotatable bonds is 7.